The largest absolute Gasteiger partial charge is 0.347 e. The van der Waals surface area contributed by atoms with Gasteiger partial charge in [0.25, 0.3) is 5.91 Å². The van der Waals surface area contributed by atoms with Crippen LogP contribution in [0.25, 0.3) is 0 Å². The number of rotatable bonds is 5. The van der Waals surface area contributed by atoms with E-state index in [-0.39, 0.29) is 11.9 Å². The number of fused-ring (bicyclic) bond motifs is 1. The van der Waals surface area contributed by atoms with Gasteiger partial charge in [0, 0.05) is 75.2 Å². The fourth-order valence-electron chi connectivity index (χ4n) is 4.36. The number of nitrogens with zero attached hydrogens (tertiary/aromatic N) is 4. The minimum atomic E-state index is -0.156. The van der Waals surface area contributed by atoms with E-state index in [0.717, 1.165) is 61.8 Å². The lowest BCUT2D eigenvalue weighted by Crippen LogP contribution is -2.48. The summed E-state index contributed by atoms with van der Waals surface area (Å²) < 4.78 is 1.95. The molecule has 9 heteroatoms. The molecule has 2 aromatic rings. The van der Waals surface area contributed by atoms with E-state index in [4.69, 9.17) is 0 Å². The number of carbonyl (C=O) groups excluding carboxylic acids is 2. The zero-order chi connectivity index (χ0) is 22.7. The predicted molar refractivity (Wildman–Crippen MR) is 124 cm³/mol. The fraction of sp³-hybridized carbons (Fsp3) is 0.522. The van der Waals surface area contributed by atoms with Crippen LogP contribution in [0.2, 0.25) is 0 Å². The van der Waals surface area contributed by atoms with Crippen LogP contribution < -0.4 is 16.0 Å². The summed E-state index contributed by atoms with van der Waals surface area (Å²) in [6.45, 7) is 10.2. The van der Waals surface area contributed by atoms with Gasteiger partial charge in [0.15, 0.2) is 5.69 Å². The highest BCUT2D eigenvalue weighted by atomic mass is 16.2. The summed E-state index contributed by atoms with van der Waals surface area (Å²) in [6.07, 6.45) is 0. The summed E-state index contributed by atoms with van der Waals surface area (Å²) in [5.41, 5.74) is 4.39. The van der Waals surface area contributed by atoms with Gasteiger partial charge in [-0.1, -0.05) is 19.1 Å². The first-order valence-electron chi connectivity index (χ1n) is 11.4. The van der Waals surface area contributed by atoms with E-state index in [1.54, 1.807) is 0 Å². The monoisotopic (exact) mass is 439 g/mol. The topological polar surface area (TPSA) is 94.5 Å². The molecule has 0 spiro atoms. The second kappa shape index (κ2) is 9.70. The Bertz CT molecular complexity index is 961. The summed E-state index contributed by atoms with van der Waals surface area (Å²) in [4.78, 5) is 29.3. The highest BCUT2D eigenvalue weighted by Crippen LogP contribution is 2.26. The van der Waals surface area contributed by atoms with Crippen molar-refractivity contribution < 1.29 is 9.59 Å². The summed E-state index contributed by atoms with van der Waals surface area (Å²) in [5, 5.41) is 13.9. The Kier molecular flexibility index (Phi) is 6.76. The molecule has 0 radical (unpaired) electrons. The van der Waals surface area contributed by atoms with Gasteiger partial charge in [-0.25, -0.2) is 4.79 Å². The lowest BCUT2D eigenvalue weighted by molar-refractivity contribution is 0.0944. The molecule has 3 N–H and O–H groups in total. The number of aromatic nitrogens is 2. The molecule has 0 bridgehead atoms. The molecule has 1 aromatic heterocycles. The van der Waals surface area contributed by atoms with Crippen LogP contribution in [0.1, 0.15) is 47.1 Å². The molecule has 1 atom stereocenters. The van der Waals surface area contributed by atoms with Gasteiger partial charge in [0.2, 0.25) is 0 Å². The van der Waals surface area contributed by atoms with Crippen molar-refractivity contribution in [1.82, 2.24) is 30.2 Å². The van der Waals surface area contributed by atoms with Crippen LogP contribution in [0.15, 0.2) is 24.3 Å². The van der Waals surface area contributed by atoms with Gasteiger partial charge in [-0.05, 0) is 31.7 Å². The van der Waals surface area contributed by atoms with E-state index in [1.165, 1.54) is 0 Å². The van der Waals surface area contributed by atoms with E-state index in [2.05, 4.69) is 39.9 Å². The van der Waals surface area contributed by atoms with Crippen LogP contribution in [0.5, 0.6) is 0 Å². The summed E-state index contributed by atoms with van der Waals surface area (Å²) >= 11 is 0. The van der Waals surface area contributed by atoms with Gasteiger partial charge < -0.3 is 25.8 Å². The van der Waals surface area contributed by atoms with Gasteiger partial charge in [0.1, 0.15) is 0 Å². The Morgan fingerprint density at radius 3 is 2.56 bits per heavy atom. The van der Waals surface area contributed by atoms with Gasteiger partial charge in [-0.3, -0.25) is 9.48 Å². The number of hydrogen-bond donors (Lipinski definition) is 3. The van der Waals surface area contributed by atoms with Crippen LogP contribution >= 0.6 is 0 Å². The molecule has 2 aliphatic heterocycles. The third kappa shape index (κ3) is 4.78. The van der Waals surface area contributed by atoms with Gasteiger partial charge >= 0.3 is 6.03 Å². The number of nitrogens with one attached hydrogen (secondary N) is 3. The van der Waals surface area contributed by atoms with Crippen molar-refractivity contribution in [2.75, 3.05) is 45.1 Å². The molecular formula is C23H33N7O2. The fourth-order valence-corrected chi connectivity index (χ4v) is 4.36. The van der Waals surface area contributed by atoms with Crippen molar-refractivity contribution in [2.24, 2.45) is 0 Å². The van der Waals surface area contributed by atoms with Crippen molar-refractivity contribution in [2.45, 2.75) is 39.4 Å². The van der Waals surface area contributed by atoms with E-state index in [1.807, 2.05) is 40.8 Å². The van der Waals surface area contributed by atoms with Crippen molar-refractivity contribution in [3.63, 3.8) is 0 Å². The number of piperazine rings is 1. The average Bonchev–Trinajstić information content (AvgIpc) is 3.19. The standard InChI is InChI=1S/C23H33N7O2/c1-4-30-21-16(2)13-24-15-19(21)20(27-30)22(31)25-14-17-5-7-18(8-6-17)26-23(32)29-11-9-28(3)10-12-29/h5-8,16,24H,4,9-15H2,1-3H3,(H,25,31)(H,26,32). The smallest absolute Gasteiger partial charge is 0.321 e. The van der Waals surface area contributed by atoms with Crippen LogP contribution in [-0.4, -0.2) is 71.3 Å². The molecule has 1 saturated heterocycles. The maximum absolute atomic E-state index is 12.9. The molecule has 3 heterocycles. The van der Waals surface area contributed by atoms with E-state index < -0.39 is 0 Å². The van der Waals surface area contributed by atoms with Gasteiger partial charge in [-0.2, -0.15) is 5.10 Å². The number of urea groups is 1. The molecule has 32 heavy (non-hydrogen) atoms. The SMILES string of the molecule is CCn1nc(C(=O)NCc2ccc(NC(=O)N3CCN(C)CC3)cc2)c2c1C(C)CNC2. The maximum Gasteiger partial charge on any atom is 0.321 e. The first kappa shape index (κ1) is 22.3. The Morgan fingerprint density at radius 1 is 1.16 bits per heavy atom. The minimum absolute atomic E-state index is 0.0710. The molecule has 3 amide bonds. The van der Waals surface area contributed by atoms with Gasteiger partial charge in [0.05, 0.1) is 0 Å². The highest BCUT2D eigenvalue weighted by molar-refractivity contribution is 5.94. The van der Waals surface area contributed by atoms with Crippen molar-refractivity contribution in [1.29, 1.82) is 0 Å². The third-order valence-electron chi connectivity index (χ3n) is 6.28. The second-order valence-electron chi connectivity index (χ2n) is 8.66. The number of likely N-dealkylation sites (N-methyl/N-ethyl adjacent to an activating group) is 1. The summed E-state index contributed by atoms with van der Waals surface area (Å²) in [7, 11) is 2.06. The number of amides is 3. The molecule has 0 saturated carbocycles. The molecule has 172 valence electrons. The Morgan fingerprint density at radius 2 is 1.88 bits per heavy atom. The molecule has 1 fully saturated rings. The predicted octanol–water partition coefficient (Wildman–Crippen LogP) is 1.82. The molecule has 2 aliphatic rings. The lowest BCUT2D eigenvalue weighted by Gasteiger charge is -2.32. The number of aryl methyl sites for hydroxylation is 1. The Labute approximate surface area is 189 Å². The molecule has 1 aromatic carbocycles. The molecule has 0 aliphatic carbocycles. The number of hydrogen-bond acceptors (Lipinski definition) is 5. The second-order valence-corrected chi connectivity index (χ2v) is 8.66. The average molecular weight is 440 g/mol. The molecule has 4 rings (SSSR count). The maximum atomic E-state index is 12.9. The van der Waals surface area contributed by atoms with Crippen LogP contribution in [0, 0.1) is 0 Å². The first-order valence-corrected chi connectivity index (χ1v) is 11.4. The molecular weight excluding hydrogens is 406 g/mol. The number of benzene rings is 1. The van der Waals surface area contributed by atoms with Crippen LogP contribution in [0.4, 0.5) is 10.5 Å². The molecule has 1 unspecified atom stereocenters. The van der Waals surface area contributed by atoms with E-state index in [9.17, 15) is 9.59 Å². The zero-order valence-electron chi connectivity index (χ0n) is 19.1. The highest BCUT2D eigenvalue weighted by Gasteiger charge is 2.28. The quantitative estimate of drug-likeness (QED) is 0.661. The number of carbonyl (C=O) groups is 2. The Hall–Kier alpha value is -2.91. The van der Waals surface area contributed by atoms with Crippen molar-refractivity contribution in [3.8, 4) is 0 Å². The van der Waals surface area contributed by atoms with Crippen molar-refractivity contribution >= 4 is 17.6 Å². The first-order chi connectivity index (χ1) is 15.5. The van der Waals surface area contributed by atoms with Crippen molar-refractivity contribution in [3.05, 3.63) is 46.8 Å². The summed E-state index contributed by atoms with van der Waals surface area (Å²) in [6, 6.07) is 7.51. The summed E-state index contributed by atoms with van der Waals surface area (Å²) in [5.74, 6) is 0.179. The lowest BCUT2D eigenvalue weighted by atomic mass is 9.97. The van der Waals surface area contributed by atoms with Crippen LogP contribution in [0.3, 0.4) is 0 Å². The number of anilines is 1. The third-order valence-corrected chi connectivity index (χ3v) is 6.28. The molecule has 9 nitrogen and oxygen atoms in total. The van der Waals surface area contributed by atoms with E-state index >= 15 is 0 Å². The van der Waals surface area contributed by atoms with Crippen LogP contribution in [-0.2, 0) is 19.6 Å². The minimum Gasteiger partial charge on any atom is -0.347 e. The normalized spacial score (nSPS) is 18.8. The Balaban J connectivity index is 1.34. The van der Waals surface area contributed by atoms with Gasteiger partial charge in [-0.15, -0.1) is 0 Å². The zero-order valence-corrected chi connectivity index (χ0v) is 19.1. The van der Waals surface area contributed by atoms with E-state index in [0.29, 0.717) is 24.7 Å².